The first kappa shape index (κ1) is 17.1. The molecule has 4 heteroatoms. The summed E-state index contributed by atoms with van der Waals surface area (Å²) in [7, 11) is 0. The lowest BCUT2D eigenvalue weighted by Crippen LogP contribution is -2.34. The van der Waals surface area contributed by atoms with E-state index in [2.05, 4.69) is 11.9 Å². The van der Waals surface area contributed by atoms with Crippen molar-refractivity contribution in [2.45, 2.75) is 39.7 Å². The molecule has 116 valence electrons. The van der Waals surface area contributed by atoms with E-state index < -0.39 is 11.7 Å². The highest BCUT2D eigenvalue weighted by Gasteiger charge is 2.15. The van der Waals surface area contributed by atoms with E-state index in [0.717, 1.165) is 23.3 Å². The van der Waals surface area contributed by atoms with E-state index in [1.807, 2.05) is 52.0 Å². The molecule has 0 saturated heterocycles. The van der Waals surface area contributed by atoms with Gasteiger partial charge in [0.15, 0.2) is 0 Å². The first-order chi connectivity index (χ1) is 9.83. The van der Waals surface area contributed by atoms with Crippen LogP contribution < -0.4 is 10.1 Å². The second-order valence-corrected chi connectivity index (χ2v) is 5.83. The zero-order valence-electron chi connectivity index (χ0n) is 13.4. The summed E-state index contributed by atoms with van der Waals surface area (Å²) >= 11 is 0. The van der Waals surface area contributed by atoms with Crippen molar-refractivity contribution in [1.82, 2.24) is 5.32 Å². The molecule has 0 unspecified atom stereocenters. The predicted octanol–water partition coefficient (Wildman–Crippen LogP) is 3.63. The molecular weight excluding hydrogens is 266 g/mol. The van der Waals surface area contributed by atoms with Crippen LogP contribution in [0.5, 0.6) is 5.75 Å². The summed E-state index contributed by atoms with van der Waals surface area (Å²) in [5.74, 6) is 0.864. The van der Waals surface area contributed by atoms with E-state index in [4.69, 9.17) is 9.47 Å². The standard InChI is InChI=1S/C17H25NO3/c1-6-8-14-10-7-9-13(2)15(14)20-12-11-18-16(19)21-17(3,4)5/h6-7,9-10H,1,8,11-12H2,2-5H3,(H,18,19). The third kappa shape index (κ3) is 6.34. The highest BCUT2D eigenvalue weighted by Crippen LogP contribution is 2.23. The maximum atomic E-state index is 11.5. The van der Waals surface area contributed by atoms with E-state index >= 15 is 0 Å². The SMILES string of the molecule is C=CCc1cccc(C)c1OCCNC(=O)OC(C)(C)C. The number of amides is 1. The minimum absolute atomic E-state index is 0.397. The Bertz CT molecular complexity index is 489. The normalized spacial score (nSPS) is 10.9. The first-order valence-electron chi connectivity index (χ1n) is 7.12. The van der Waals surface area contributed by atoms with E-state index in [-0.39, 0.29) is 0 Å². The highest BCUT2D eigenvalue weighted by atomic mass is 16.6. The summed E-state index contributed by atoms with van der Waals surface area (Å²) in [4.78, 5) is 11.5. The third-order valence-corrected chi connectivity index (χ3v) is 2.67. The Hall–Kier alpha value is -1.97. The number of aryl methyl sites for hydroxylation is 1. The van der Waals surface area contributed by atoms with Crippen LogP contribution in [0.15, 0.2) is 30.9 Å². The minimum Gasteiger partial charge on any atom is -0.491 e. The van der Waals surface area contributed by atoms with Crippen LogP contribution in [0.4, 0.5) is 4.79 Å². The van der Waals surface area contributed by atoms with Gasteiger partial charge < -0.3 is 14.8 Å². The van der Waals surface area contributed by atoms with Gasteiger partial charge in [0.2, 0.25) is 0 Å². The molecule has 1 aromatic carbocycles. The van der Waals surface area contributed by atoms with Gasteiger partial charge in [0.1, 0.15) is 18.0 Å². The molecule has 0 bridgehead atoms. The summed E-state index contributed by atoms with van der Waals surface area (Å²) < 4.78 is 10.9. The third-order valence-electron chi connectivity index (χ3n) is 2.67. The van der Waals surface area contributed by atoms with Gasteiger partial charge in [0.25, 0.3) is 0 Å². The summed E-state index contributed by atoms with van der Waals surface area (Å²) in [5, 5.41) is 2.67. The van der Waals surface area contributed by atoms with Crippen molar-refractivity contribution in [2.75, 3.05) is 13.2 Å². The zero-order valence-corrected chi connectivity index (χ0v) is 13.4. The molecule has 4 nitrogen and oxygen atoms in total. The van der Waals surface area contributed by atoms with Crippen molar-refractivity contribution in [1.29, 1.82) is 0 Å². The number of alkyl carbamates (subject to hydrolysis) is 1. The van der Waals surface area contributed by atoms with Crippen molar-refractivity contribution >= 4 is 6.09 Å². The van der Waals surface area contributed by atoms with Crippen LogP contribution in [-0.4, -0.2) is 24.8 Å². The molecule has 0 fully saturated rings. The van der Waals surface area contributed by atoms with Crippen LogP contribution in [0.25, 0.3) is 0 Å². The average molecular weight is 291 g/mol. The van der Waals surface area contributed by atoms with E-state index in [1.54, 1.807) is 0 Å². The molecule has 0 aliphatic heterocycles. The first-order valence-corrected chi connectivity index (χ1v) is 7.12. The molecule has 0 atom stereocenters. The second-order valence-electron chi connectivity index (χ2n) is 5.83. The fourth-order valence-electron chi connectivity index (χ4n) is 1.86. The number of rotatable bonds is 6. The number of nitrogens with one attached hydrogen (secondary N) is 1. The predicted molar refractivity (Wildman–Crippen MR) is 84.8 cm³/mol. The number of carbonyl (C=O) groups is 1. The van der Waals surface area contributed by atoms with Crippen molar-refractivity contribution < 1.29 is 14.3 Å². The number of hydrogen-bond donors (Lipinski definition) is 1. The molecule has 1 N–H and O–H groups in total. The topological polar surface area (TPSA) is 47.6 Å². The lowest BCUT2D eigenvalue weighted by atomic mass is 10.1. The van der Waals surface area contributed by atoms with Crippen LogP contribution >= 0.6 is 0 Å². The lowest BCUT2D eigenvalue weighted by Gasteiger charge is -2.20. The van der Waals surface area contributed by atoms with E-state index in [9.17, 15) is 4.79 Å². The fourth-order valence-corrected chi connectivity index (χ4v) is 1.86. The maximum absolute atomic E-state index is 11.5. The van der Waals surface area contributed by atoms with Gasteiger partial charge in [-0.15, -0.1) is 6.58 Å². The molecule has 0 aliphatic rings. The summed E-state index contributed by atoms with van der Waals surface area (Å²) in [6, 6.07) is 6.02. The van der Waals surface area contributed by atoms with Crippen LogP contribution in [0.3, 0.4) is 0 Å². The van der Waals surface area contributed by atoms with E-state index in [1.165, 1.54) is 0 Å². The van der Waals surface area contributed by atoms with Gasteiger partial charge >= 0.3 is 6.09 Å². The van der Waals surface area contributed by atoms with Crippen molar-refractivity contribution in [3.63, 3.8) is 0 Å². The molecule has 21 heavy (non-hydrogen) atoms. The van der Waals surface area contributed by atoms with Crippen molar-refractivity contribution in [3.8, 4) is 5.75 Å². The molecule has 1 rings (SSSR count). The Morgan fingerprint density at radius 2 is 2.10 bits per heavy atom. The van der Waals surface area contributed by atoms with Crippen LogP contribution in [0, 0.1) is 6.92 Å². The molecule has 1 aromatic rings. The lowest BCUT2D eigenvalue weighted by molar-refractivity contribution is 0.0520. The Labute approximate surface area is 127 Å². The Morgan fingerprint density at radius 3 is 2.71 bits per heavy atom. The number of allylic oxidation sites excluding steroid dienone is 1. The summed E-state index contributed by atoms with van der Waals surface area (Å²) in [6.07, 6.45) is 2.18. The second kappa shape index (κ2) is 7.72. The minimum atomic E-state index is -0.488. The molecule has 0 heterocycles. The molecule has 0 aliphatic carbocycles. The molecule has 0 aromatic heterocycles. The quantitative estimate of drug-likeness (QED) is 0.643. The number of ether oxygens (including phenoxy) is 2. The maximum Gasteiger partial charge on any atom is 0.407 e. The van der Waals surface area contributed by atoms with Gasteiger partial charge in [-0.05, 0) is 45.2 Å². The van der Waals surface area contributed by atoms with Gasteiger partial charge in [0, 0.05) is 0 Å². The molecule has 0 spiro atoms. The molecule has 1 amide bonds. The van der Waals surface area contributed by atoms with Crippen LogP contribution in [0.1, 0.15) is 31.9 Å². The number of para-hydroxylation sites is 1. The fraction of sp³-hybridized carbons (Fsp3) is 0.471. The van der Waals surface area contributed by atoms with Gasteiger partial charge in [-0.25, -0.2) is 4.79 Å². The van der Waals surface area contributed by atoms with Gasteiger partial charge in [0.05, 0.1) is 6.54 Å². The van der Waals surface area contributed by atoms with Gasteiger partial charge in [-0.3, -0.25) is 0 Å². The van der Waals surface area contributed by atoms with Crippen LogP contribution in [-0.2, 0) is 11.2 Å². The number of benzene rings is 1. The number of carbonyl (C=O) groups excluding carboxylic acids is 1. The zero-order chi connectivity index (χ0) is 15.9. The van der Waals surface area contributed by atoms with Crippen molar-refractivity contribution in [3.05, 3.63) is 42.0 Å². The molecule has 0 saturated carbocycles. The Kier molecular flexibility index (Phi) is 6.28. The largest absolute Gasteiger partial charge is 0.491 e. The number of hydrogen-bond acceptors (Lipinski definition) is 3. The van der Waals surface area contributed by atoms with Gasteiger partial charge in [-0.2, -0.15) is 0 Å². The highest BCUT2D eigenvalue weighted by molar-refractivity contribution is 5.67. The molecule has 0 radical (unpaired) electrons. The monoisotopic (exact) mass is 291 g/mol. The van der Waals surface area contributed by atoms with Crippen LogP contribution in [0.2, 0.25) is 0 Å². The average Bonchev–Trinajstić information content (AvgIpc) is 2.35. The summed E-state index contributed by atoms with van der Waals surface area (Å²) in [5.41, 5.74) is 1.69. The van der Waals surface area contributed by atoms with Crippen molar-refractivity contribution in [2.24, 2.45) is 0 Å². The van der Waals surface area contributed by atoms with E-state index in [0.29, 0.717) is 13.2 Å². The smallest absolute Gasteiger partial charge is 0.407 e. The molecular formula is C17H25NO3. The summed E-state index contributed by atoms with van der Waals surface area (Å²) in [6.45, 7) is 12.0. The van der Waals surface area contributed by atoms with Gasteiger partial charge in [-0.1, -0.05) is 24.3 Å². The Balaban J connectivity index is 2.46. The Morgan fingerprint density at radius 1 is 1.38 bits per heavy atom.